The summed E-state index contributed by atoms with van der Waals surface area (Å²) in [6, 6.07) is 6.07. The van der Waals surface area contributed by atoms with Crippen LogP contribution in [0.5, 0.6) is 0 Å². The van der Waals surface area contributed by atoms with Gasteiger partial charge in [0.15, 0.2) is 16.6 Å². The SMILES string of the molecule is CC(O)(c1ccc(N2CCN(S(=O)(=O)c3cnc(Cl)c(F)c3)CC2)cc1)C(F)(F)F. The predicted molar refractivity (Wildman–Crippen MR) is 102 cm³/mol. The number of alkyl halides is 3. The molecule has 0 spiro atoms. The molecule has 30 heavy (non-hydrogen) atoms. The van der Waals surface area contributed by atoms with Gasteiger partial charge in [-0.05, 0) is 30.7 Å². The van der Waals surface area contributed by atoms with E-state index in [1.165, 1.54) is 28.6 Å². The van der Waals surface area contributed by atoms with Crippen LogP contribution in [0.25, 0.3) is 0 Å². The van der Waals surface area contributed by atoms with E-state index in [1.807, 2.05) is 0 Å². The summed E-state index contributed by atoms with van der Waals surface area (Å²) >= 11 is 5.49. The maximum Gasteiger partial charge on any atom is 0.421 e. The van der Waals surface area contributed by atoms with Gasteiger partial charge in [0.1, 0.15) is 4.90 Å². The number of aliphatic hydroxyl groups is 1. The number of nitrogens with zero attached hydrogens (tertiary/aromatic N) is 3. The van der Waals surface area contributed by atoms with Gasteiger partial charge in [-0.3, -0.25) is 0 Å². The molecule has 1 unspecified atom stereocenters. The molecular formula is C18H18ClF4N3O3S. The molecule has 164 valence electrons. The fourth-order valence-corrected chi connectivity index (χ4v) is 4.52. The quantitative estimate of drug-likeness (QED) is 0.552. The first kappa shape index (κ1) is 22.7. The van der Waals surface area contributed by atoms with Crippen molar-refractivity contribution >= 4 is 27.3 Å². The van der Waals surface area contributed by atoms with Crippen LogP contribution in [0.4, 0.5) is 23.2 Å². The smallest absolute Gasteiger partial charge is 0.376 e. The maximum atomic E-state index is 13.6. The minimum Gasteiger partial charge on any atom is -0.376 e. The number of hydrogen-bond donors (Lipinski definition) is 1. The van der Waals surface area contributed by atoms with Crippen molar-refractivity contribution in [3.05, 3.63) is 53.1 Å². The zero-order valence-corrected chi connectivity index (χ0v) is 17.3. The third-order valence-electron chi connectivity index (χ3n) is 4.99. The lowest BCUT2D eigenvalue weighted by Gasteiger charge is -2.35. The molecule has 3 rings (SSSR count). The van der Waals surface area contributed by atoms with E-state index >= 15 is 0 Å². The molecule has 1 N–H and O–H groups in total. The molecule has 1 aliphatic rings. The average molecular weight is 468 g/mol. The zero-order chi connectivity index (χ0) is 22.3. The number of aromatic nitrogens is 1. The second-order valence-electron chi connectivity index (χ2n) is 6.95. The van der Waals surface area contributed by atoms with E-state index in [4.69, 9.17) is 11.6 Å². The van der Waals surface area contributed by atoms with E-state index in [0.29, 0.717) is 12.6 Å². The molecule has 0 bridgehead atoms. The Morgan fingerprint density at radius 1 is 1.10 bits per heavy atom. The van der Waals surface area contributed by atoms with Crippen molar-refractivity contribution in [3.8, 4) is 0 Å². The van der Waals surface area contributed by atoms with Crippen LogP contribution < -0.4 is 4.90 Å². The molecule has 12 heteroatoms. The third kappa shape index (κ3) is 4.25. The highest BCUT2D eigenvalue weighted by atomic mass is 35.5. The van der Waals surface area contributed by atoms with Gasteiger partial charge in [0.2, 0.25) is 10.0 Å². The van der Waals surface area contributed by atoms with Gasteiger partial charge in [0.25, 0.3) is 0 Å². The Kier molecular flexibility index (Phi) is 6.02. The molecule has 1 fully saturated rings. The van der Waals surface area contributed by atoms with Gasteiger partial charge >= 0.3 is 6.18 Å². The topological polar surface area (TPSA) is 73.7 Å². The predicted octanol–water partition coefficient (Wildman–Crippen LogP) is 3.15. The first-order valence-corrected chi connectivity index (χ1v) is 10.6. The number of hydrogen-bond acceptors (Lipinski definition) is 5. The Morgan fingerprint density at radius 3 is 2.17 bits per heavy atom. The van der Waals surface area contributed by atoms with Crippen LogP contribution in [0.3, 0.4) is 0 Å². The van der Waals surface area contributed by atoms with Gasteiger partial charge in [0, 0.05) is 38.1 Å². The van der Waals surface area contributed by atoms with Crippen molar-refractivity contribution in [1.82, 2.24) is 9.29 Å². The van der Waals surface area contributed by atoms with Gasteiger partial charge in [0.05, 0.1) is 0 Å². The summed E-state index contributed by atoms with van der Waals surface area (Å²) in [6.45, 7) is 1.42. The molecule has 6 nitrogen and oxygen atoms in total. The van der Waals surface area contributed by atoms with Crippen molar-refractivity contribution in [1.29, 1.82) is 0 Å². The van der Waals surface area contributed by atoms with E-state index in [-0.39, 0.29) is 36.6 Å². The standard InChI is InChI=1S/C18H18ClF4N3O3S/c1-17(27,18(21,22)23)12-2-4-13(5-3-12)25-6-8-26(9-7-25)30(28,29)14-10-15(20)16(19)24-11-14/h2-5,10-11,27H,6-9H2,1H3. The van der Waals surface area contributed by atoms with Gasteiger partial charge in [-0.1, -0.05) is 23.7 Å². The average Bonchev–Trinajstić information content (AvgIpc) is 2.69. The number of pyridine rings is 1. The number of sulfonamides is 1. The van der Waals surface area contributed by atoms with E-state index in [2.05, 4.69) is 4.98 Å². The molecule has 0 saturated carbocycles. The van der Waals surface area contributed by atoms with Crippen molar-refractivity contribution in [2.45, 2.75) is 23.6 Å². The molecular weight excluding hydrogens is 450 g/mol. The summed E-state index contributed by atoms with van der Waals surface area (Å²) < 4.78 is 79.0. The number of benzene rings is 1. The second kappa shape index (κ2) is 7.95. The van der Waals surface area contributed by atoms with E-state index in [9.17, 15) is 31.1 Å². The summed E-state index contributed by atoms with van der Waals surface area (Å²) in [7, 11) is -3.96. The number of rotatable bonds is 4. The highest BCUT2D eigenvalue weighted by molar-refractivity contribution is 7.89. The molecule has 2 heterocycles. The normalized spacial score (nSPS) is 18.3. The Morgan fingerprint density at radius 2 is 1.67 bits per heavy atom. The molecule has 1 aromatic heterocycles. The Hall–Kier alpha value is -1.95. The van der Waals surface area contributed by atoms with Crippen LogP contribution in [0.1, 0.15) is 12.5 Å². The lowest BCUT2D eigenvalue weighted by molar-refractivity contribution is -0.258. The molecule has 1 aromatic carbocycles. The summed E-state index contributed by atoms with van der Waals surface area (Å²) in [5, 5.41) is 9.32. The van der Waals surface area contributed by atoms with Crippen molar-refractivity contribution in [3.63, 3.8) is 0 Å². The van der Waals surface area contributed by atoms with Crippen LogP contribution in [0.15, 0.2) is 41.4 Å². The zero-order valence-electron chi connectivity index (χ0n) is 15.7. The summed E-state index contributed by atoms with van der Waals surface area (Å²) in [5.41, 5.74) is -2.68. The largest absolute Gasteiger partial charge is 0.421 e. The van der Waals surface area contributed by atoms with Crippen LogP contribution >= 0.6 is 11.6 Å². The summed E-state index contributed by atoms with van der Waals surface area (Å²) in [5.74, 6) is -0.939. The van der Waals surface area contributed by atoms with E-state index < -0.39 is 32.8 Å². The summed E-state index contributed by atoms with van der Waals surface area (Å²) in [4.78, 5) is 5.02. The molecule has 1 saturated heterocycles. The highest BCUT2D eigenvalue weighted by Gasteiger charge is 2.51. The molecule has 0 amide bonds. The van der Waals surface area contributed by atoms with Crippen molar-refractivity contribution < 1.29 is 31.1 Å². The molecule has 0 radical (unpaired) electrons. The number of piperazine rings is 1. The van der Waals surface area contributed by atoms with Gasteiger partial charge in [-0.25, -0.2) is 17.8 Å². The first-order valence-electron chi connectivity index (χ1n) is 8.80. The first-order chi connectivity index (χ1) is 13.8. The van der Waals surface area contributed by atoms with Gasteiger partial charge in [-0.2, -0.15) is 17.5 Å². The van der Waals surface area contributed by atoms with Crippen LogP contribution in [-0.2, 0) is 15.6 Å². The Balaban J connectivity index is 1.70. The third-order valence-corrected chi connectivity index (χ3v) is 7.14. The maximum absolute atomic E-state index is 13.6. The minimum absolute atomic E-state index is 0.0919. The number of anilines is 1. The van der Waals surface area contributed by atoms with E-state index in [1.54, 1.807) is 4.90 Å². The molecule has 2 aromatic rings. The lowest BCUT2D eigenvalue weighted by atomic mass is 9.95. The Bertz CT molecular complexity index is 1020. The van der Waals surface area contributed by atoms with Crippen molar-refractivity contribution in [2.75, 3.05) is 31.1 Å². The highest BCUT2D eigenvalue weighted by Crippen LogP contribution is 2.39. The fourth-order valence-electron chi connectivity index (χ4n) is 3.04. The minimum atomic E-state index is -4.81. The Labute approximate surface area is 175 Å². The van der Waals surface area contributed by atoms with Crippen LogP contribution in [-0.4, -0.2) is 55.2 Å². The molecule has 1 aliphatic heterocycles. The second-order valence-corrected chi connectivity index (χ2v) is 9.25. The fraction of sp³-hybridized carbons (Fsp3) is 0.389. The lowest BCUT2D eigenvalue weighted by Crippen LogP contribution is -2.48. The van der Waals surface area contributed by atoms with Crippen LogP contribution in [0.2, 0.25) is 5.15 Å². The molecule has 0 aliphatic carbocycles. The van der Waals surface area contributed by atoms with Gasteiger partial charge in [-0.15, -0.1) is 0 Å². The number of halogens is 5. The molecule has 1 atom stereocenters. The van der Waals surface area contributed by atoms with Gasteiger partial charge < -0.3 is 10.0 Å². The van der Waals surface area contributed by atoms with Crippen molar-refractivity contribution in [2.24, 2.45) is 0 Å². The monoisotopic (exact) mass is 467 g/mol. The van der Waals surface area contributed by atoms with E-state index in [0.717, 1.165) is 12.3 Å². The summed E-state index contributed by atoms with van der Waals surface area (Å²) in [6.07, 6.45) is -3.83. The van der Waals surface area contributed by atoms with Crippen LogP contribution in [0, 0.1) is 5.82 Å².